The zero-order valence-corrected chi connectivity index (χ0v) is 12.5. The molecule has 4 nitrogen and oxygen atoms in total. The summed E-state index contributed by atoms with van der Waals surface area (Å²) in [7, 11) is 2.14. The molecule has 2 rings (SSSR count). The molecule has 0 spiro atoms. The maximum Gasteiger partial charge on any atom is 0.0900 e. The first kappa shape index (κ1) is 15.2. The molecule has 0 aliphatic carbocycles. The molecule has 2 aliphatic rings. The maximum absolute atomic E-state index is 10.0. The summed E-state index contributed by atoms with van der Waals surface area (Å²) in [5.41, 5.74) is 0. The van der Waals surface area contributed by atoms with Crippen molar-refractivity contribution in [2.75, 3.05) is 26.8 Å². The molecule has 2 saturated heterocycles. The number of nitrogens with one attached hydrogen (secondary N) is 1. The van der Waals surface area contributed by atoms with Crippen LogP contribution in [0.1, 0.15) is 45.4 Å². The Kier molecular flexibility index (Phi) is 6.07. The van der Waals surface area contributed by atoms with E-state index in [2.05, 4.69) is 24.2 Å². The average Bonchev–Trinajstić information content (AvgIpc) is 2.73. The lowest BCUT2D eigenvalue weighted by molar-refractivity contribution is 0.00921. The van der Waals surface area contributed by atoms with Crippen LogP contribution >= 0.6 is 0 Å². The molecule has 0 aromatic carbocycles. The first-order valence-corrected chi connectivity index (χ1v) is 7.91. The van der Waals surface area contributed by atoms with Gasteiger partial charge in [-0.25, -0.2) is 0 Å². The summed E-state index contributed by atoms with van der Waals surface area (Å²) in [6.45, 7) is 4.13. The lowest BCUT2D eigenvalue weighted by atomic mass is 9.98. The van der Waals surface area contributed by atoms with Crippen LogP contribution in [0.5, 0.6) is 0 Å². The molecule has 0 radical (unpaired) electrons. The molecule has 2 aliphatic heterocycles. The normalized spacial score (nSPS) is 31.9. The lowest BCUT2D eigenvalue weighted by Crippen LogP contribution is -2.49. The third-order valence-electron chi connectivity index (χ3n) is 4.52. The maximum atomic E-state index is 10.0. The van der Waals surface area contributed by atoms with Gasteiger partial charge in [-0.2, -0.15) is 0 Å². The van der Waals surface area contributed by atoms with Crippen LogP contribution in [0.2, 0.25) is 0 Å². The average molecular weight is 270 g/mol. The number of likely N-dealkylation sites (N-methyl/N-ethyl adjacent to an activating group) is 1. The van der Waals surface area contributed by atoms with Crippen LogP contribution in [0.4, 0.5) is 0 Å². The van der Waals surface area contributed by atoms with Gasteiger partial charge < -0.3 is 20.1 Å². The molecule has 0 aromatic rings. The molecule has 2 fully saturated rings. The monoisotopic (exact) mass is 270 g/mol. The lowest BCUT2D eigenvalue weighted by Gasteiger charge is -2.36. The Morgan fingerprint density at radius 3 is 2.63 bits per heavy atom. The molecule has 0 saturated carbocycles. The topological polar surface area (TPSA) is 44.7 Å². The van der Waals surface area contributed by atoms with E-state index in [0.29, 0.717) is 24.7 Å². The number of nitrogens with zero attached hydrogens (tertiary/aromatic N) is 1. The van der Waals surface area contributed by atoms with Crippen molar-refractivity contribution in [1.82, 2.24) is 10.2 Å². The molecule has 0 aromatic heterocycles. The number of fused-ring (bicyclic) bond motifs is 2. The van der Waals surface area contributed by atoms with Gasteiger partial charge in [-0.1, -0.05) is 13.3 Å². The summed E-state index contributed by atoms with van der Waals surface area (Å²) in [4.78, 5) is 2.33. The van der Waals surface area contributed by atoms with E-state index >= 15 is 0 Å². The van der Waals surface area contributed by atoms with E-state index in [-0.39, 0.29) is 6.10 Å². The number of hydrogen-bond acceptors (Lipinski definition) is 4. The number of hydrogen-bond donors (Lipinski definition) is 2. The SMILES string of the molecule is CCCCOCC(O)CN(C)C1CC2CCC(C1)N2. The number of piperidine rings is 1. The molecule has 4 heteroatoms. The highest BCUT2D eigenvalue weighted by Gasteiger charge is 2.35. The molecule has 2 N–H and O–H groups in total. The summed E-state index contributed by atoms with van der Waals surface area (Å²) in [6, 6.07) is 2.05. The number of ether oxygens (including phenoxy) is 1. The molecule has 3 unspecified atom stereocenters. The van der Waals surface area contributed by atoms with Crippen LogP contribution < -0.4 is 5.32 Å². The van der Waals surface area contributed by atoms with Gasteiger partial charge in [-0.05, 0) is 39.2 Å². The van der Waals surface area contributed by atoms with E-state index in [1.165, 1.54) is 25.7 Å². The third kappa shape index (κ3) is 4.71. The Morgan fingerprint density at radius 1 is 1.32 bits per heavy atom. The molecule has 2 bridgehead atoms. The van der Waals surface area contributed by atoms with Gasteiger partial charge in [0.05, 0.1) is 12.7 Å². The predicted octanol–water partition coefficient (Wildman–Crippen LogP) is 1.38. The Balaban J connectivity index is 1.64. The number of aliphatic hydroxyl groups excluding tert-OH is 1. The Hall–Kier alpha value is -0.160. The molecule has 112 valence electrons. The minimum atomic E-state index is -0.352. The van der Waals surface area contributed by atoms with E-state index in [1.54, 1.807) is 0 Å². The summed E-state index contributed by atoms with van der Waals surface area (Å²) in [5.74, 6) is 0. The highest BCUT2D eigenvalue weighted by Crippen LogP contribution is 2.29. The largest absolute Gasteiger partial charge is 0.389 e. The Labute approximate surface area is 117 Å². The Morgan fingerprint density at radius 2 is 2.00 bits per heavy atom. The molecule has 0 amide bonds. The van der Waals surface area contributed by atoms with Crippen LogP contribution in [0.25, 0.3) is 0 Å². The second kappa shape index (κ2) is 7.58. The van der Waals surface area contributed by atoms with Gasteiger partial charge in [0.15, 0.2) is 0 Å². The van der Waals surface area contributed by atoms with E-state index in [9.17, 15) is 5.11 Å². The van der Waals surface area contributed by atoms with Crippen LogP contribution in [-0.4, -0.2) is 61.0 Å². The van der Waals surface area contributed by atoms with Crippen molar-refractivity contribution < 1.29 is 9.84 Å². The predicted molar refractivity (Wildman–Crippen MR) is 77.3 cm³/mol. The van der Waals surface area contributed by atoms with E-state index < -0.39 is 0 Å². The van der Waals surface area contributed by atoms with Gasteiger partial charge in [0.2, 0.25) is 0 Å². The molecular weight excluding hydrogens is 240 g/mol. The highest BCUT2D eigenvalue weighted by molar-refractivity contribution is 4.95. The summed E-state index contributed by atoms with van der Waals surface area (Å²) >= 11 is 0. The smallest absolute Gasteiger partial charge is 0.0900 e. The zero-order chi connectivity index (χ0) is 13.7. The van der Waals surface area contributed by atoms with Crippen molar-refractivity contribution in [3.8, 4) is 0 Å². The van der Waals surface area contributed by atoms with E-state index in [0.717, 1.165) is 26.0 Å². The quantitative estimate of drug-likeness (QED) is 0.654. The fraction of sp³-hybridized carbons (Fsp3) is 1.00. The fourth-order valence-corrected chi connectivity index (χ4v) is 3.39. The molecule has 3 atom stereocenters. The van der Waals surface area contributed by atoms with Crippen LogP contribution in [0.3, 0.4) is 0 Å². The van der Waals surface area contributed by atoms with Crippen molar-refractivity contribution in [3.63, 3.8) is 0 Å². The number of unbranched alkanes of at least 4 members (excludes halogenated alkanes) is 1. The third-order valence-corrected chi connectivity index (χ3v) is 4.52. The van der Waals surface area contributed by atoms with Crippen LogP contribution in [0.15, 0.2) is 0 Å². The first-order chi connectivity index (χ1) is 9.19. The second-order valence-corrected chi connectivity index (χ2v) is 6.28. The fourth-order valence-electron chi connectivity index (χ4n) is 3.39. The van der Waals surface area contributed by atoms with E-state index in [1.807, 2.05) is 0 Å². The van der Waals surface area contributed by atoms with Crippen LogP contribution in [0, 0.1) is 0 Å². The standard InChI is InChI=1S/C15H30N2O2/c1-3-4-7-19-11-15(18)10-17(2)14-8-12-5-6-13(9-14)16-12/h12-16,18H,3-11H2,1-2H3. The Bertz CT molecular complexity index is 251. The van der Waals surface area contributed by atoms with Gasteiger partial charge in [0, 0.05) is 31.3 Å². The summed E-state index contributed by atoms with van der Waals surface area (Å²) in [6.07, 6.45) is 7.00. The van der Waals surface area contributed by atoms with Crippen molar-refractivity contribution in [2.45, 2.75) is 69.7 Å². The van der Waals surface area contributed by atoms with Crippen LogP contribution in [-0.2, 0) is 4.74 Å². The van der Waals surface area contributed by atoms with Gasteiger partial charge in [-0.3, -0.25) is 0 Å². The van der Waals surface area contributed by atoms with Gasteiger partial charge in [0.25, 0.3) is 0 Å². The summed E-state index contributed by atoms with van der Waals surface area (Å²) < 4.78 is 5.49. The second-order valence-electron chi connectivity index (χ2n) is 6.28. The van der Waals surface area contributed by atoms with Crippen molar-refractivity contribution >= 4 is 0 Å². The van der Waals surface area contributed by atoms with Crippen molar-refractivity contribution in [3.05, 3.63) is 0 Å². The first-order valence-electron chi connectivity index (χ1n) is 7.91. The molecule has 19 heavy (non-hydrogen) atoms. The van der Waals surface area contributed by atoms with Gasteiger partial charge >= 0.3 is 0 Å². The van der Waals surface area contributed by atoms with Gasteiger partial charge in [0.1, 0.15) is 0 Å². The van der Waals surface area contributed by atoms with E-state index in [4.69, 9.17) is 4.74 Å². The zero-order valence-electron chi connectivity index (χ0n) is 12.5. The van der Waals surface area contributed by atoms with Gasteiger partial charge in [-0.15, -0.1) is 0 Å². The molecular formula is C15H30N2O2. The number of rotatable bonds is 8. The minimum Gasteiger partial charge on any atom is -0.389 e. The van der Waals surface area contributed by atoms with Crippen molar-refractivity contribution in [2.24, 2.45) is 0 Å². The molecule has 2 heterocycles. The highest BCUT2D eigenvalue weighted by atomic mass is 16.5. The summed E-state index contributed by atoms with van der Waals surface area (Å²) in [5, 5.41) is 13.7. The minimum absolute atomic E-state index is 0.352. The van der Waals surface area contributed by atoms with Crippen molar-refractivity contribution in [1.29, 1.82) is 0 Å². The number of aliphatic hydroxyl groups is 1.